The van der Waals surface area contributed by atoms with Crippen molar-refractivity contribution in [2.75, 3.05) is 0 Å². The zero-order valence-corrected chi connectivity index (χ0v) is 37.1. The molecule has 0 saturated carbocycles. The number of aliphatic carboxylic acids is 3. The number of carbonyl (C=O) groups excluding carboxylic acids is 3. The fourth-order valence-corrected chi connectivity index (χ4v) is 5.80. The first kappa shape index (κ1) is 58.9. The van der Waals surface area contributed by atoms with Gasteiger partial charge in [-0.15, -0.1) is 0 Å². The number of unbranched alkanes of at least 4 members (excludes halogenated alkanes) is 30. The molecule has 0 aliphatic rings. The van der Waals surface area contributed by atoms with E-state index in [4.69, 9.17) is 0 Å². The molecule has 0 aromatic rings. The molecule has 0 unspecified atom stereocenters. The van der Waals surface area contributed by atoms with Crippen molar-refractivity contribution >= 4 is 17.9 Å². The average Bonchev–Trinajstić information content (AvgIpc) is 3.05. The molecule has 50 heavy (non-hydrogen) atoms. The van der Waals surface area contributed by atoms with E-state index in [1.165, 1.54) is 173 Å². The van der Waals surface area contributed by atoms with Crippen LogP contribution in [0.25, 0.3) is 0 Å². The van der Waals surface area contributed by atoms with Crippen LogP contribution in [0.5, 0.6) is 0 Å². The van der Waals surface area contributed by atoms with Crippen molar-refractivity contribution in [3.8, 4) is 0 Å². The summed E-state index contributed by atoms with van der Waals surface area (Å²) in [4.78, 5) is 30.4. The van der Waals surface area contributed by atoms with Crippen LogP contribution in [0.3, 0.4) is 0 Å². The molecular weight excluding hydrogens is 673 g/mol. The van der Waals surface area contributed by atoms with Crippen LogP contribution in [0.4, 0.5) is 0 Å². The molecule has 0 rings (SSSR count). The van der Waals surface area contributed by atoms with Gasteiger partial charge in [-0.2, -0.15) is 0 Å². The minimum atomic E-state index is -0.907. The molecule has 0 radical (unpaired) electrons. The van der Waals surface area contributed by atoms with Gasteiger partial charge >= 0.3 is 38.3 Å². The van der Waals surface area contributed by atoms with Crippen LogP contribution in [0, 0.1) is 0 Å². The van der Waals surface area contributed by atoms with Gasteiger partial charge in [-0.1, -0.05) is 213 Å². The molecule has 0 bridgehead atoms. The number of carboxylic acids is 3. The van der Waals surface area contributed by atoms with Crippen LogP contribution in [0.1, 0.15) is 252 Å². The van der Waals surface area contributed by atoms with E-state index in [2.05, 4.69) is 20.8 Å². The van der Waals surface area contributed by atoms with Crippen LogP contribution < -0.4 is 34.2 Å². The Bertz CT molecular complexity index is 564. The van der Waals surface area contributed by atoms with Gasteiger partial charge in [0.1, 0.15) is 0 Å². The van der Waals surface area contributed by atoms with Crippen molar-refractivity contribution in [3.63, 3.8) is 0 Å². The second-order valence-electron chi connectivity index (χ2n) is 14.0. The quantitative estimate of drug-likeness (QED) is 0.0489. The fraction of sp³-hybridized carbons (Fsp3) is 0.929. The van der Waals surface area contributed by atoms with Crippen molar-refractivity contribution in [1.29, 1.82) is 0 Å². The van der Waals surface area contributed by atoms with Crippen molar-refractivity contribution in [2.24, 2.45) is 0 Å². The third kappa shape index (κ3) is 69.4. The minimum Gasteiger partial charge on any atom is -0.550 e. The van der Waals surface area contributed by atoms with Crippen LogP contribution in [-0.2, 0) is 33.9 Å². The van der Waals surface area contributed by atoms with Gasteiger partial charge in [0, 0.05) is 17.9 Å². The van der Waals surface area contributed by atoms with E-state index in [0.29, 0.717) is 0 Å². The Kier molecular flexibility index (Phi) is 65.3. The van der Waals surface area contributed by atoms with E-state index in [0.717, 1.165) is 38.5 Å². The van der Waals surface area contributed by atoms with Crippen LogP contribution in [0.15, 0.2) is 0 Å². The number of hydrogen-bond donors (Lipinski definition) is 0. The van der Waals surface area contributed by atoms with Gasteiger partial charge in [0.2, 0.25) is 0 Å². The second kappa shape index (κ2) is 55.4. The van der Waals surface area contributed by atoms with Crippen LogP contribution in [0.2, 0.25) is 0 Å². The summed E-state index contributed by atoms with van der Waals surface area (Å²) in [5.41, 5.74) is 0. The number of hydrogen-bond acceptors (Lipinski definition) is 6. The number of rotatable bonds is 36. The van der Waals surface area contributed by atoms with E-state index in [9.17, 15) is 29.7 Å². The summed E-state index contributed by atoms with van der Waals surface area (Å²) in [6.45, 7) is 6.73. The second-order valence-corrected chi connectivity index (χ2v) is 14.0. The predicted octanol–water partition coefficient (Wildman–Crippen LogP) is 7.31. The SMILES string of the molecule is CCCCCCCCCCCCCC(=O)[O-].CCCCCCCCCCCCCC(=O)[O-].CCCCCCCCCCCCCC(=O)[O-].[Li+].[Zn+2]. The van der Waals surface area contributed by atoms with E-state index >= 15 is 0 Å². The molecule has 0 aromatic heterocycles. The van der Waals surface area contributed by atoms with Gasteiger partial charge in [-0.25, -0.2) is 0 Å². The summed E-state index contributed by atoms with van der Waals surface area (Å²) in [6, 6.07) is 0. The van der Waals surface area contributed by atoms with E-state index in [1.807, 2.05) is 0 Å². The van der Waals surface area contributed by atoms with Gasteiger partial charge in [0.15, 0.2) is 0 Å². The molecule has 8 heteroatoms. The van der Waals surface area contributed by atoms with Crippen molar-refractivity contribution in [1.82, 2.24) is 0 Å². The Morgan fingerprint density at radius 2 is 0.400 bits per heavy atom. The molecule has 0 atom stereocenters. The third-order valence-electron chi connectivity index (χ3n) is 8.95. The zero-order valence-electron chi connectivity index (χ0n) is 34.1. The molecule has 288 valence electrons. The molecule has 0 aliphatic carbocycles. The minimum absolute atomic E-state index is 0. The maximum Gasteiger partial charge on any atom is 2.00 e. The average molecular weight is 754 g/mol. The first-order valence-electron chi connectivity index (χ1n) is 20.9. The topological polar surface area (TPSA) is 120 Å². The molecule has 0 spiro atoms. The van der Waals surface area contributed by atoms with Crippen LogP contribution in [-0.4, -0.2) is 17.9 Å². The first-order valence-corrected chi connectivity index (χ1v) is 20.9. The first-order chi connectivity index (χ1) is 23.3. The molecule has 0 fully saturated rings. The van der Waals surface area contributed by atoms with Gasteiger partial charge in [-0.05, 0) is 38.5 Å². The molecule has 0 N–H and O–H groups in total. The molecule has 0 aliphatic heterocycles. The normalized spacial score (nSPS) is 10.1. The monoisotopic (exact) mass is 753 g/mol. The Morgan fingerprint density at radius 1 is 0.280 bits per heavy atom. The summed E-state index contributed by atoms with van der Waals surface area (Å²) in [6.07, 6.45) is 42.1. The molecular formula is C42H81LiO6Zn. The molecule has 6 nitrogen and oxygen atoms in total. The third-order valence-corrected chi connectivity index (χ3v) is 8.95. The maximum atomic E-state index is 10.1. The van der Waals surface area contributed by atoms with E-state index < -0.39 is 17.9 Å². The molecule has 0 aromatic carbocycles. The van der Waals surface area contributed by atoms with Gasteiger partial charge in [0.25, 0.3) is 0 Å². The Balaban J connectivity index is -0.000000199. The van der Waals surface area contributed by atoms with Crippen LogP contribution >= 0.6 is 0 Å². The summed E-state index contributed by atoms with van der Waals surface area (Å²) < 4.78 is 0. The summed E-state index contributed by atoms with van der Waals surface area (Å²) in [5, 5.41) is 30.4. The summed E-state index contributed by atoms with van der Waals surface area (Å²) >= 11 is 0. The Morgan fingerprint density at radius 3 is 0.520 bits per heavy atom. The van der Waals surface area contributed by atoms with Crippen molar-refractivity contribution in [2.45, 2.75) is 252 Å². The largest absolute Gasteiger partial charge is 2.00 e. The summed E-state index contributed by atoms with van der Waals surface area (Å²) in [7, 11) is 0. The fourth-order valence-electron chi connectivity index (χ4n) is 5.80. The summed E-state index contributed by atoms with van der Waals surface area (Å²) in [5.74, 6) is -2.72. The smallest absolute Gasteiger partial charge is 0.550 e. The van der Waals surface area contributed by atoms with E-state index in [1.54, 1.807) is 0 Å². The van der Waals surface area contributed by atoms with E-state index in [-0.39, 0.29) is 57.6 Å². The molecule has 0 amide bonds. The van der Waals surface area contributed by atoms with Gasteiger partial charge < -0.3 is 29.7 Å². The van der Waals surface area contributed by atoms with Gasteiger partial charge in [-0.3, -0.25) is 0 Å². The maximum absolute atomic E-state index is 10.1. The van der Waals surface area contributed by atoms with Gasteiger partial charge in [0.05, 0.1) is 0 Å². The molecule has 0 saturated heterocycles. The Hall–Kier alpha value is -0.369. The van der Waals surface area contributed by atoms with Crippen molar-refractivity contribution < 1.29 is 68.0 Å². The zero-order chi connectivity index (χ0) is 36.2. The number of carbonyl (C=O) groups is 3. The number of carboxylic acid groups (broad SMARTS) is 3. The molecule has 0 heterocycles. The Labute approximate surface area is 336 Å². The predicted molar refractivity (Wildman–Crippen MR) is 198 cm³/mol. The standard InChI is InChI=1S/3C14H28O2.Li.Zn/c3*1-2-3-4-5-6-7-8-9-10-11-12-13-14(15)16;;/h3*2-13H2,1H3,(H,15,16);;/q;;;+1;+2/p-3. The van der Waals surface area contributed by atoms with Crippen molar-refractivity contribution in [3.05, 3.63) is 0 Å².